The van der Waals surface area contributed by atoms with Gasteiger partial charge in [-0.1, -0.05) is 30.3 Å². The first-order chi connectivity index (χ1) is 11.5. The van der Waals surface area contributed by atoms with E-state index in [1.54, 1.807) is 13.8 Å². The Morgan fingerprint density at radius 2 is 1.71 bits per heavy atom. The van der Waals surface area contributed by atoms with E-state index >= 15 is 0 Å². The van der Waals surface area contributed by atoms with Gasteiger partial charge in [-0.25, -0.2) is 9.59 Å². The number of methoxy groups -OCH3 is 1. The molecular weight excluding hydrogens is 310 g/mol. The third-order valence-corrected chi connectivity index (χ3v) is 3.72. The van der Waals surface area contributed by atoms with E-state index in [1.807, 2.05) is 30.3 Å². The molecule has 0 atom stereocenters. The van der Waals surface area contributed by atoms with E-state index in [4.69, 9.17) is 14.3 Å². The maximum atomic E-state index is 12.5. The first-order valence-corrected chi connectivity index (χ1v) is 7.63. The Morgan fingerprint density at radius 1 is 1.04 bits per heavy atom. The van der Waals surface area contributed by atoms with Crippen LogP contribution in [-0.2, 0) is 15.9 Å². The lowest BCUT2D eigenvalue weighted by atomic mass is 10.0. The van der Waals surface area contributed by atoms with Crippen LogP contribution in [0.25, 0.3) is 0 Å². The van der Waals surface area contributed by atoms with Gasteiger partial charge >= 0.3 is 11.9 Å². The summed E-state index contributed by atoms with van der Waals surface area (Å²) in [5.74, 6) is -1.16. The molecule has 0 radical (unpaired) electrons. The average Bonchev–Trinajstić information content (AvgIpc) is 2.87. The molecule has 0 aliphatic carbocycles. The van der Waals surface area contributed by atoms with Gasteiger partial charge in [-0.05, 0) is 19.4 Å². The highest BCUT2D eigenvalue weighted by Crippen LogP contribution is 2.26. The number of benzene rings is 1. The van der Waals surface area contributed by atoms with Gasteiger partial charge in [0, 0.05) is 6.42 Å². The van der Waals surface area contributed by atoms with Crippen LogP contribution in [0.1, 0.15) is 44.6 Å². The summed E-state index contributed by atoms with van der Waals surface area (Å²) in [5.41, 5.74) is 2.39. The molecule has 6 nitrogen and oxygen atoms in total. The zero-order chi connectivity index (χ0) is 17.7. The Balaban J connectivity index is 2.65. The van der Waals surface area contributed by atoms with E-state index in [2.05, 4.69) is 0 Å². The number of hydrogen-bond acceptors (Lipinski definition) is 5. The van der Waals surface area contributed by atoms with E-state index in [-0.39, 0.29) is 17.7 Å². The molecular formula is C18H21NO5. The molecule has 0 fully saturated rings. The molecule has 0 aliphatic rings. The number of hydrogen-bond donors (Lipinski definition) is 0. The number of carbonyl (C=O) groups excluding carboxylic acids is 2. The van der Waals surface area contributed by atoms with Gasteiger partial charge in [0.25, 0.3) is 0 Å². The van der Waals surface area contributed by atoms with Gasteiger partial charge in [-0.15, -0.1) is 0 Å². The summed E-state index contributed by atoms with van der Waals surface area (Å²) in [6, 6.07) is 9.61. The van der Waals surface area contributed by atoms with Crippen LogP contribution in [-0.4, -0.2) is 37.5 Å². The summed E-state index contributed by atoms with van der Waals surface area (Å²) in [6.45, 7) is 3.63. The first-order valence-electron chi connectivity index (χ1n) is 7.63. The van der Waals surface area contributed by atoms with Crippen LogP contribution >= 0.6 is 0 Å². The van der Waals surface area contributed by atoms with Crippen molar-refractivity contribution in [3.8, 4) is 0 Å². The zero-order valence-electron chi connectivity index (χ0n) is 14.3. The number of nitrogens with zero attached hydrogens (tertiary/aromatic N) is 1. The summed E-state index contributed by atoms with van der Waals surface area (Å²) in [6.07, 6.45) is 0.417. The minimum absolute atomic E-state index is 0.170. The third kappa shape index (κ3) is 3.27. The highest BCUT2D eigenvalue weighted by atomic mass is 16.6. The standard InChI is InChI=1S/C18H21NO5/c1-5-24-18(21)16-14(11-13-9-7-6-8-10-13)19(23-4)12(2)15(16)17(20)22-3/h6-10H,5,11H2,1-4H3. The summed E-state index contributed by atoms with van der Waals surface area (Å²) < 4.78 is 11.5. The van der Waals surface area contributed by atoms with Crippen molar-refractivity contribution in [3.05, 3.63) is 58.4 Å². The normalized spacial score (nSPS) is 10.3. The lowest BCUT2D eigenvalue weighted by Crippen LogP contribution is -2.15. The van der Waals surface area contributed by atoms with Gasteiger partial charge in [0.1, 0.15) is 7.11 Å². The summed E-state index contributed by atoms with van der Waals surface area (Å²) in [7, 11) is 2.76. The van der Waals surface area contributed by atoms with Crippen molar-refractivity contribution in [3.63, 3.8) is 0 Å². The lowest BCUT2D eigenvalue weighted by Gasteiger charge is -2.11. The topological polar surface area (TPSA) is 66.8 Å². The van der Waals surface area contributed by atoms with Gasteiger partial charge in [-0.3, -0.25) is 0 Å². The summed E-state index contributed by atoms with van der Waals surface area (Å²) in [5, 5.41) is 0. The maximum absolute atomic E-state index is 12.5. The number of aromatic nitrogens is 1. The van der Waals surface area contributed by atoms with Gasteiger partial charge in [0.2, 0.25) is 0 Å². The van der Waals surface area contributed by atoms with Crippen LogP contribution in [0.2, 0.25) is 0 Å². The Bertz CT molecular complexity index is 734. The van der Waals surface area contributed by atoms with Crippen LogP contribution in [0.15, 0.2) is 30.3 Å². The smallest absolute Gasteiger partial charge is 0.341 e. The molecule has 0 saturated heterocycles. The van der Waals surface area contributed by atoms with Crippen LogP contribution in [0.4, 0.5) is 0 Å². The second-order valence-corrected chi connectivity index (χ2v) is 5.13. The molecule has 1 aromatic heterocycles. The minimum atomic E-state index is -0.597. The molecule has 128 valence electrons. The molecule has 0 aliphatic heterocycles. The Hall–Kier alpha value is -2.76. The molecule has 0 saturated carbocycles. The number of rotatable bonds is 6. The highest BCUT2D eigenvalue weighted by molar-refractivity contribution is 6.05. The van der Waals surface area contributed by atoms with E-state index in [1.165, 1.54) is 19.0 Å². The summed E-state index contributed by atoms with van der Waals surface area (Å²) in [4.78, 5) is 30.1. The second-order valence-electron chi connectivity index (χ2n) is 5.13. The monoisotopic (exact) mass is 331 g/mol. The average molecular weight is 331 g/mol. The quantitative estimate of drug-likeness (QED) is 0.761. The minimum Gasteiger partial charge on any atom is -0.465 e. The summed E-state index contributed by atoms with van der Waals surface area (Å²) >= 11 is 0. The van der Waals surface area contributed by atoms with E-state index in [0.717, 1.165) is 5.56 Å². The van der Waals surface area contributed by atoms with Crippen molar-refractivity contribution in [1.82, 2.24) is 4.73 Å². The van der Waals surface area contributed by atoms with Gasteiger partial charge in [-0.2, -0.15) is 4.73 Å². The maximum Gasteiger partial charge on any atom is 0.341 e. The molecule has 2 aromatic rings. The Kier molecular flexibility index (Phi) is 5.63. The highest BCUT2D eigenvalue weighted by Gasteiger charge is 2.31. The van der Waals surface area contributed by atoms with Gasteiger partial charge < -0.3 is 14.3 Å². The van der Waals surface area contributed by atoms with Crippen LogP contribution < -0.4 is 4.84 Å². The van der Waals surface area contributed by atoms with Crippen molar-refractivity contribution < 1.29 is 23.9 Å². The molecule has 0 bridgehead atoms. The molecule has 0 amide bonds. The molecule has 24 heavy (non-hydrogen) atoms. The Morgan fingerprint density at radius 3 is 2.25 bits per heavy atom. The first kappa shape index (κ1) is 17.6. The van der Waals surface area contributed by atoms with Crippen molar-refractivity contribution in [2.24, 2.45) is 0 Å². The fourth-order valence-corrected chi connectivity index (χ4v) is 2.70. The van der Waals surface area contributed by atoms with Gasteiger partial charge in [0.15, 0.2) is 0 Å². The molecule has 0 spiro atoms. The fourth-order valence-electron chi connectivity index (χ4n) is 2.70. The predicted octanol–water partition coefficient (Wildman–Crippen LogP) is 2.41. The van der Waals surface area contributed by atoms with Crippen LogP contribution in [0, 0.1) is 6.92 Å². The third-order valence-electron chi connectivity index (χ3n) is 3.72. The molecule has 6 heteroatoms. The molecule has 0 N–H and O–H groups in total. The zero-order valence-corrected chi connectivity index (χ0v) is 14.3. The molecule has 1 heterocycles. The SMILES string of the molecule is CCOC(=O)c1c(C(=O)OC)c(C)n(OC)c1Cc1ccccc1. The van der Waals surface area contributed by atoms with E-state index < -0.39 is 11.9 Å². The molecule has 1 aromatic carbocycles. The second kappa shape index (κ2) is 7.68. The van der Waals surface area contributed by atoms with Crippen molar-refractivity contribution >= 4 is 11.9 Å². The number of esters is 2. The molecule has 2 rings (SSSR count). The fraction of sp³-hybridized carbons (Fsp3) is 0.333. The number of ether oxygens (including phenoxy) is 2. The van der Waals surface area contributed by atoms with E-state index in [0.29, 0.717) is 17.8 Å². The lowest BCUT2D eigenvalue weighted by molar-refractivity contribution is 0.0503. The van der Waals surface area contributed by atoms with Crippen molar-refractivity contribution in [2.75, 3.05) is 20.8 Å². The molecule has 0 unspecified atom stereocenters. The van der Waals surface area contributed by atoms with Crippen molar-refractivity contribution in [2.45, 2.75) is 20.3 Å². The Labute approximate surface area is 140 Å². The largest absolute Gasteiger partial charge is 0.465 e. The van der Waals surface area contributed by atoms with Crippen LogP contribution in [0.3, 0.4) is 0 Å². The van der Waals surface area contributed by atoms with Crippen LogP contribution in [0.5, 0.6) is 0 Å². The number of carbonyl (C=O) groups is 2. The van der Waals surface area contributed by atoms with Gasteiger partial charge in [0.05, 0.1) is 36.2 Å². The van der Waals surface area contributed by atoms with E-state index in [9.17, 15) is 9.59 Å². The van der Waals surface area contributed by atoms with Crippen molar-refractivity contribution in [1.29, 1.82) is 0 Å². The predicted molar refractivity (Wildman–Crippen MR) is 88.2 cm³/mol.